The van der Waals surface area contributed by atoms with Gasteiger partial charge in [-0.25, -0.2) is 9.97 Å². The number of nitrogens with zero attached hydrogens (tertiary/aromatic N) is 4. The number of aromatic nitrogens is 3. The van der Waals surface area contributed by atoms with Crippen LogP contribution in [-0.2, 0) is 13.0 Å². The Balaban J connectivity index is 0.00000126. The zero-order chi connectivity index (χ0) is 27.9. The topological polar surface area (TPSA) is 74.6 Å². The molecule has 3 aromatic heterocycles. The number of Topliss-reactive ketones (excluding diaryl/α,β-unsaturated/α-hetero) is 1. The summed E-state index contributed by atoms with van der Waals surface area (Å²) < 4.78 is 2.14. The molecule has 8 heteroatoms. The lowest BCUT2D eigenvalue weighted by atomic mass is 10.0. The first-order valence-electron chi connectivity index (χ1n) is 14.0. The van der Waals surface area contributed by atoms with Gasteiger partial charge in [0, 0.05) is 55.5 Å². The molecule has 2 N–H and O–H groups in total. The SMILES string of the molecule is CC.CNc1ccccc1CC(=O)c1ccc(Nc2nc(-c3cnc4c(CN5CCCC5)cccn34)cs2)cc1.[HH]. The van der Waals surface area contributed by atoms with E-state index in [0.29, 0.717) is 12.0 Å². The summed E-state index contributed by atoms with van der Waals surface area (Å²) in [6.45, 7) is 7.26. The number of pyridine rings is 1. The molecule has 6 rings (SSSR count). The number of carbonyl (C=O) groups excluding carboxylic acids is 1. The first-order chi connectivity index (χ1) is 19.7. The van der Waals surface area contributed by atoms with E-state index in [1.165, 1.54) is 18.4 Å². The van der Waals surface area contributed by atoms with E-state index < -0.39 is 0 Å². The summed E-state index contributed by atoms with van der Waals surface area (Å²) >= 11 is 1.55. The highest BCUT2D eigenvalue weighted by atomic mass is 32.1. The number of nitrogens with one attached hydrogen (secondary N) is 2. The Morgan fingerprint density at radius 3 is 2.52 bits per heavy atom. The number of fused-ring (bicyclic) bond motifs is 1. The van der Waals surface area contributed by atoms with Gasteiger partial charge in [0.15, 0.2) is 10.9 Å². The first-order valence-corrected chi connectivity index (χ1v) is 14.8. The predicted octanol–water partition coefficient (Wildman–Crippen LogP) is 7.54. The predicted molar refractivity (Wildman–Crippen MR) is 168 cm³/mol. The van der Waals surface area contributed by atoms with Gasteiger partial charge in [0.25, 0.3) is 0 Å². The fraction of sp³-hybridized carbons (Fsp3) is 0.281. The number of hydrogen-bond acceptors (Lipinski definition) is 7. The monoisotopic (exact) mass is 554 g/mol. The molecule has 1 fully saturated rings. The van der Waals surface area contributed by atoms with E-state index in [1.807, 2.05) is 75.6 Å². The number of benzene rings is 2. The van der Waals surface area contributed by atoms with Crippen LogP contribution in [0.4, 0.5) is 16.5 Å². The molecule has 0 saturated carbocycles. The highest BCUT2D eigenvalue weighted by molar-refractivity contribution is 7.14. The van der Waals surface area contributed by atoms with E-state index in [4.69, 9.17) is 9.97 Å². The van der Waals surface area contributed by atoms with E-state index in [-0.39, 0.29) is 7.21 Å². The second-order valence-electron chi connectivity index (χ2n) is 9.60. The lowest BCUT2D eigenvalue weighted by Crippen LogP contribution is -2.18. The summed E-state index contributed by atoms with van der Waals surface area (Å²) in [4.78, 5) is 24.9. The summed E-state index contributed by atoms with van der Waals surface area (Å²) in [5, 5.41) is 9.38. The van der Waals surface area contributed by atoms with Crippen LogP contribution in [0.3, 0.4) is 0 Å². The Kier molecular flexibility index (Phi) is 8.88. The van der Waals surface area contributed by atoms with Crippen LogP contribution in [0, 0.1) is 0 Å². The molecule has 5 aromatic rings. The van der Waals surface area contributed by atoms with E-state index in [9.17, 15) is 4.79 Å². The molecule has 1 aliphatic heterocycles. The standard InChI is InChI=1S/C30H30N6OS.C2H6.H2/c1-31-25-9-3-2-7-22(25)17-28(37)21-10-12-24(13-11-21)33-30-34-26(20-38-30)27-18-32-29-23(8-6-16-36(27)29)19-35-14-4-5-15-35;1-2;/h2-3,6-13,16,18,20,31H,4-5,14-15,17,19H2,1H3,(H,33,34);1-2H3;1H. The van der Waals surface area contributed by atoms with Crippen molar-refractivity contribution >= 4 is 39.3 Å². The van der Waals surface area contributed by atoms with Crippen LogP contribution in [0.1, 0.15) is 49.6 Å². The lowest BCUT2D eigenvalue weighted by molar-refractivity contribution is 0.0993. The quantitative estimate of drug-likeness (QED) is 0.183. The van der Waals surface area contributed by atoms with Crippen LogP contribution in [0.2, 0.25) is 0 Å². The van der Waals surface area contributed by atoms with Crippen molar-refractivity contribution in [3.63, 3.8) is 0 Å². The van der Waals surface area contributed by atoms with Gasteiger partial charge in [-0.3, -0.25) is 14.1 Å². The normalized spacial score (nSPS) is 13.2. The summed E-state index contributed by atoms with van der Waals surface area (Å²) in [7, 11) is 1.87. The van der Waals surface area contributed by atoms with Crippen LogP contribution in [0.25, 0.3) is 17.0 Å². The van der Waals surface area contributed by atoms with Gasteiger partial charge in [0.2, 0.25) is 0 Å². The summed E-state index contributed by atoms with van der Waals surface area (Å²) in [6.07, 6.45) is 6.89. The Labute approximate surface area is 241 Å². The molecular formula is C32H38N6OS. The highest BCUT2D eigenvalue weighted by Crippen LogP contribution is 2.29. The van der Waals surface area contributed by atoms with Crippen molar-refractivity contribution in [3.8, 4) is 11.4 Å². The Hall–Kier alpha value is -4.01. The number of para-hydroxylation sites is 1. The molecule has 0 amide bonds. The molecule has 0 spiro atoms. The van der Waals surface area contributed by atoms with Gasteiger partial charge in [-0.05, 0) is 67.9 Å². The van der Waals surface area contributed by atoms with Gasteiger partial charge in [0.1, 0.15) is 11.3 Å². The summed E-state index contributed by atoms with van der Waals surface area (Å²) in [5.41, 5.74) is 7.67. The number of hydrogen-bond donors (Lipinski definition) is 2. The van der Waals surface area contributed by atoms with Crippen LogP contribution >= 0.6 is 11.3 Å². The number of likely N-dealkylation sites (tertiary alicyclic amines) is 1. The Morgan fingerprint density at radius 1 is 1.00 bits per heavy atom. The maximum absolute atomic E-state index is 12.8. The van der Waals surface area contributed by atoms with Gasteiger partial charge in [0.05, 0.1) is 11.9 Å². The lowest BCUT2D eigenvalue weighted by Gasteiger charge is -2.15. The maximum atomic E-state index is 12.8. The molecule has 4 heterocycles. The van der Waals surface area contributed by atoms with Gasteiger partial charge in [-0.1, -0.05) is 38.1 Å². The number of imidazole rings is 1. The van der Waals surface area contributed by atoms with E-state index in [2.05, 4.69) is 43.6 Å². The van der Waals surface area contributed by atoms with E-state index in [1.54, 1.807) is 11.3 Å². The largest absolute Gasteiger partial charge is 0.388 e. The first kappa shape index (κ1) is 27.6. The van der Waals surface area contributed by atoms with Crippen LogP contribution in [0.5, 0.6) is 0 Å². The molecule has 0 bridgehead atoms. The number of ketones is 1. The zero-order valence-electron chi connectivity index (χ0n) is 23.4. The van der Waals surface area contributed by atoms with Crippen molar-refractivity contribution in [2.45, 2.75) is 39.7 Å². The smallest absolute Gasteiger partial charge is 0.187 e. The van der Waals surface area contributed by atoms with Crippen molar-refractivity contribution in [3.05, 3.63) is 95.1 Å². The highest BCUT2D eigenvalue weighted by Gasteiger charge is 2.17. The van der Waals surface area contributed by atoms with Crippen LogP contribution in [0.15, 0.2) is 78.4 Å². The van der Waals surface area contributed by atoms with Gasteiger partial charge < -0.3 is 10.6 Å². The van der Waals surface area contributed by atoms with Crippen LogP contribution < -0.4 is 10.6 Å². The number of thiazole rings is 1. The molecule has 1 saturated heterocycles. The second-order valence-corrected chi connectivity index (χ2v) is 10.5. The maximum Gasteiger partial charge on any atom is 0.187 e. The average molecular weight is 555 g/mol. The van der Waals surface area contributed by atoms with Gasteiger partial charge >= 0.3 is 0 Å². The molecular weight excluding hydrogens is 516 g/mol. The summed E-state index contributed by atoms with van der Waals surface area (Å²) in [5.74, 6) is 0.0903. The third-order valence-corrected chi connectivity index (χ3v) is 7.83. The Morgan fingerprint density at radius 2 is 1.75 bits per heavy atom. The molecule has 0 aliphatic carbocycles. The van der Waals surface area contributed by atoms with Crippen molar-refractivity contribution in [1.29, 1.82) is 0 Å². The fourth-order valence-corrected chi connectivity index (χ4v) is 5.79. The van der Waals surface area contributed by atoms with Gasteiger partial charge in [-0.2, -0.15) is 0 Å². The minimum absolute atomic E-state index is 0. The van der Waals surface area contributed by atoms with Crippen molar-refractivity contribution in [1.82, 2.24) is 19.3 Å². The summed E-state index contributed by atoms with van der Waals surface area (Å²) in [6, 6.07) is 19.7. The van der Waals surface area contributed by atoms with Crippen molar-refractivity contribution in [2.75, 3.05) is 30.8 Å². The minimum Gasteiger partial charge on any atom is -0.388 e. The van der Waals surface area contributed by atoms with Crippen LogP contribution in [-0.4, -0.2) is 45.2 Å². The van der Waals surface area contributed by atoms with E-state index in [0.717, 1.165) is 58.7 Å². The molecule has 40 heavy (non-hydrogen) atoms. The number of anilines is 3. The fourth-order valence-electron chi connectivity index (χ4n) is 5.07. The second kappa shape index (κ2) is 12.9. The molecule has 0 unspecified atom stereocenters. The van der Waals surface area contributed by atoms with E-state index >= 15 is 0 Å². The molecule has 208 valence electrons. The third kappa shape index (κ3) is 6.08. The minimum atomic E-state index is 0. The molecule has 2 aromatic carbocycles. The molecule has 7 nitrogen and oxygen atoms in total. The average Bonchev–Trinajstić information content (AvgIpc) is 3.77. The third-order valence-electron chi connectivity index (χ3n) is 7.07. The molecule has 0 radical (unpaired) electrons. The zero-order valence-corrected chi connectivity index (χ0v) is 24.2. The molecule has 1 aliphatic rings. The van der Waals surface area contributed by atoms with Gasteiger partial charge in [-0.15, -0.1) is 11.3 Å². The number of carbonyl (C=O) groups is 1. The van der Waals surface area contributed by atoms with Crippen molar-refractivity contribution in [2.24, 2.45) is 0 Å². The Bertz CT molecular complexity index is 1570. The van der Waals surface area contributed by atoms with Crippen molar-refractivity contribution < 1.29 is 6.22 Å². The number of rotatable bonds is 9. The molecule has 0 atom stereocenters.